The largest absolute Gasteiger partial charge is 0.354 e. The van der Waals surface area contributed by atoms with E-state index in [0.717, 1.165) is 33.3 Å². The van der Waals surface area contributed by atoms with E-state index >= 15 is 0 Å². The number of para-hydroxylation sites is 1. The maximum absolute atomic E-state index is 12.1. The summed E-state index contributed by atoms with van der Waals surface area (Å²) in [5.74, 6) is -0.708. The Kier molecular flexibility index (Phi) is 5.89. The Labute approximate surface area is 180 Å². The molecule has 0 radical (unpaired) electrons. The lowest BCUT2D eigenvalue weighted by molar-refractivity contribution is -0.120. The summed E-state index contributed by atoms with van der Waals surface area (Å²) in [4.78, 5) is 27.7. The van der Waals surface area contributed by atoms with Gasteiger partial charge in [-0.25, -0.2) is 5.43 Å². The maximum Gasteiger partial charge on any atom is 0.259 e. The minimum absolute atomic E-state index is 0.163. The van der Waals surface area contributed by atoms with E-state index in [1.807, 2.05) is 73.7 Å². The smallest absolute Gasteiger partial charge is 0.259 e. The Balaban J connectivity index is 1.44. The monoisotopic (exact) mass is 410 g/mol. The molecule has 0 aliphatic carbocycles. The summed E-state index contributed by atoms with van der Waals surface area (Å²) >= 11 is 0. The second-order valence-corrected chi connectivity index (χ2v) is 7.17. The predicted molar refractivity (Wildman–Crippen MR) is 123 cm³/mol. The Morgan fingerprint density at radius 2 is 1.65 bits per heavy atom. The third-order valence-corrected chi connectivity index (χ3v) is 4.91. The normalized spacial score (nSPS) is 11.0. The number of carbonyl (C=O) groups is 2. The van der Waals surface area contributed by atoms with E-state index < -0.39 is 5.91 Å². The molecule has 3 aromatic carbocycles. The number of aromatic nitrogens is 1. The lowest BCUT2D eigenvalue weighted by Gasteiger charge is -2.05. The first-order chi connectivity index (χ1) is 15.1. The molecule has 4 aromatic rings. The zero-order valence-electron chi connectivity index (χ0n) is 17.1. The molecular formula is C25H22N4O2. The van der Waals surface area contributed by atoms with Crippen LogP contribution in [0, 0.1) is 6.92 Å². The van der Waals surface area contributed by atoms with Crippen LogP contribution in [0.4, 0.5) is 0 Å². The maximum atomic E-state index is 12.1. The van der Waals surface area contributed by atoms with Crippen molar-refractivity contribution in [1.29, 1.82) is 0 Å². The van der Waals surface area contributed by atoms with Gasteiger partial charge in [0.1, 0.15) is 0 Å². The first-order valence-electron chi connectivity index (χ1n) is 9.95. The lowest BCUT2D eigenvalue weighted by atomic mass is 10.1. The summed E-state index contributed by atoms with van der Waals surface area (Å²) in [6, 6.07) is 25.0. The van der Waals surface area contributed by atoms with E-state index in [1.54, 1.807) is 18.3 Å². The number of rotatable bonds is 6. The van der Waals surface area contributed by atoms with Crippen molar-refractivity contribution in [1.82, 2.24) is 15.7 Å². The third kappa shape index (κ3) is 4.70. The Morgan fingerprint density at radius 1 is 0.935 bits per heavy atom. The van der Waals surface area contributed by atoms with Gasteiger partial charge in [-0.3, -0.25) is 9.59 Å². The molecule has 2 amide bonds. The fraction of sp³-hybridized carbons (Fsp3) is 0.0800. The van der Waals surface area contributed by atoms with Gasteiger partial charge < -0.3 is 10.3 Å². The number of amides is 2. The molecule has 0 fully saturated rings. The van der Waals surface area contributed by atoms with E-state index in [2.05, 4.69) is 20.8 Å². The van der Waals surface area contributed by atoms with Gasteiger partial charge in [-0.15, -0.1) is 0 Å². The zero-order chi connectivity index (χ0) is 21.6. The molecule has 6 heteroatoms. The molecule has 3 N–H and O–H groups in total. The standard InChI is InChI=1S/C25H22N4O2/c1-17-11-13-19(14-12-17)25(31)26-16-23(30)29-27-15-21-20-9-5-6-10-22(20)28-24(21)18-7-3-2-4-8-18/h2-15,28H,16H2,1H3,(H,26,31)(H,29,30). The second-order valence-electron chi connectivity index (χ2n) is 7.17. The molecule has 0 aliphatic heterocycles. The molecule has 154 valence electrons. The number of carbonyl (C=O) groups excluding carboxylic acids is 2. The first-order valence-corrected chi connectivity index (χ1v) is 9.95. The van der Waals surface area contributed by atoms with Crippen molar-refractivity contribution < 1.29 is 9.59 Å². The highest BCUT2D eigenvalue weighted by molar-refractivity contribution is 6.06. The van der Waals surface area contributed by atoms with Gasteiger partial charge in [0.15, 0.2) is 0 Å². The minimum atomic E-state index is -0.405. The number of H-pyrrole nitrogens is 1. The fourth-order valence-electron chi connectivity index (χ4n) is 3.31. The van der Waals surface area contributed by atoms with Crippen molar-refractivity contribution in [3.8, 4) is 11.3 Å². The topological polar surface area (TPSA) is 86.3 Å². The highest BCUT2D eigenvalue weighted by Gasteiger charge is 2.11. The SMILES string of the molecule is Cc1ccc(C(=O)NCC(=O)NN=Cc2c(-c3ccccc3)[nH]c3ccccc23)cc1. The molecule has 0 saturated carbocycles. The molecule has 1 aromatic heterocycles. The zero-order valence-corrected chi connectivity index (χ0v) is 17.1. The van der Waals surface area contributed by atoms with Crippen LogP contribution in [-0.2, 0) is 4.79 Å². The summed E-state index contributed by atoms with van der Waals surface area (Å²) in [7, 11) is 0. The summed E-state index contributed by atoms with van der Waals surface area (Å²) in [5, 5.41) is 7.72. The van der Waals surface area contributed by atoms with Crippen LogP contribution in [0.1, 0.15) is 21.5 Å². The Hall–Kier alpha value is -4.19. The summed E-state index contributed by atoms with van der Waals surface area (Å²) in [6.45, 7) is 1.79. The molecule has 0 spiro atoms. The molecule has 0 unspecified atom stereocenters. The molecule has 1 heterocycles. The van der Waals surface area contributed by atoms with Gasteiger partial charge in [-0.1, -0.05) is 66.2 Å². The number of hydrazone groups is 1. The minimum Gasteiger partial charge on any atom is -0.354 e. The van der Waals surface area contributed by atoms with Crippen molar-refractivity contribution in [3.63, 3.8) is 0 Å². The summed E-state index contributed by atoms with van der Waals surface area (Å²) < 4.78 is 0. The molecular weight excluding hydrogens is 388 g/mol. The van der Waals surface area contributed by atoms with Crippen molar-refractivity contribution in [2.45, 2.75) is 6.92 Å². The average Bonchev–Trinajstić information content (AvgIpc) is 3.17. The van der Waals surface area contributed by atoms with Gasteiger partial charge in [0.05, 0.1) is 18.5 Å². The quantitative estimate of drug-likeness (QED) is 0.331. The van der Waals surface area contributed by atoms with Crippen LogP contribution >= 0.6 is 0 Å². The molecule has 6 nitrogen and oxygen atoms in total. The van der Waals surface area contributed by atoms with Crippen molar-refractivity contribution in [3.05, 3.63) is 95.6 Å². The van der Waals surface area contributed by atoms with Crippen molar-refractivity contribution in [2.24, 2.45) is 5.10 Å². The summed E-state index contributed by atoms with van der Waals surface area (Å²) in [5.41, 5.74) is 7.87. The second kappa shape index (κ2) is 9.09. The van der Waals surface area contributed by atoms with E-state index in [-0.39, 0.29) is 12.5 Å². The van der Waals surface area contributed by atoms with Crippen LogP contribution in [0.5, 0.6) is 0 Å². The van der Waals surface area contributed by atoms with Gasteiger partial charge >= 0.3 is 0 Å². The van der Waals surface area contributed by atoms with E-state index in [0.29, 0.717) is 5.56 Å². The number of nitrogens with zero attached hydrogens (tertiary/aromatic N) is 1. The Morgan fingerprint density at radius 3 is 2.42 bits per heavy atom. The van der Waals surface area contributed by atoms with Gasteiger partial charge in [0, 0.05) is 22.0 Å². The van der Waals surface area contributed by atoms with Crippen LogP contribution in [0.25, 0.3) is 22.2 Å². The van der Waals surface area contributed by atoms with Crippen LogP contribution < -0.4 is 10.7 Å². The molecule has 0 atom stereocenters. The van der Waals surface area contributed by atoms with Crippen LogP contribution in [0.15, 0.2) is 84.0 Å². The van der Waals surface area contributed by atoms with Crippen molar-refractivity contribution in [2.75, 3.05) is 6.54 Å². The number of benzene rings is 3. The predicted octanol–water partition coefficient (Wildman–Crippen LogP) is 4.02. The number of fused-ring (bicyclic) bond motifs is 1. The van der Waals surface area contributed by atoms with Gasteiger partial charge in [-0.05, 0) is 30.7 Å². The van der Waals surface area contributed by atoms with Crippen LogP contribution in [0.2, 0.25) is 0 Å². The highest BCUT2D eigenvalue weighted by Crippen LogP contribution is 2.28. The lowest BCUT2D eigenvalue weighted by Crippen LogP contribution is -2.34. The fourth-order valence-corrected chi connectivity index (χ4v) is 3.31. The third-order valence-electron chi connectivity index (χ3n) is 4.91. The number of hydrogen-bond donors (Lipinski definition) is 3. The highest BCUT2D eigenvalue weighted by atomic mass is 16.2. The number of aryl methyl sites for hydroxylation is 1. The first kappa shape index (κ1) is 20.1. The number of hydrogen-bond acceptors (Lipinski definition) is 3. The molecule has 0 aliphatic rings. The number of nitrogens with one attached hydrogen (secondary N) is 3. The number of aromatic amines is 1. The molecule has 0 bridgehead atoms. The van der Waals surface area contributed by atoms with E-state index in [9.17, 15) is 9.59 Å². The average molecular weight is 410 g/mol. The summed E-state index contributed by atoms with van der Waals surface area (Å²) in [6.07, 6.45) is 1.63. The Bertz CT molecular complexity index is 1240. The molecule has 4 rings (SSSR count). The van der Waals surface area contributed by atoms with Gasteiger partial charge in [0.25, 0.3) is 11.8 Å². The van der Waals surface area contributed by atoms with Gasteiger partial charge in [0.2, 0.25) is 0 Å². The van der Waals surface area contributed by atoms with E-state index in [1.165, 1.54) is 0 Å². The van der Waals surface area contributed by atoms with Crippen LogP contribution in [0.3, 0.4) is 0 Å². The van der Waals surface area contributed by atoms with E-state index in [4.69, 9.17) is 0 Å². The van der Waals surface area contributed by atoms with Crippen molar-refractivity contribution >= 4 is 28.9 Å². The molecule has 31 heavy (non-hydrogen) atoms. The van der Waals surface area contributed by atoms with Crippen LogP contribution in [-0.4, -0.2) is 29.6 Å². The molecule has 0 saturated heterocycles. The van der Waals surface area contributed by atoms with Gasteiger partial charge in [-0.2, -0.15) is 5.10 Å².